The van der Waals surface area contributed by atoms with Gasteiger partial charge in [-0.1, -0.05) is 30.3 Å². The van der Waals surface area contributed by atoms with Crippen LogP contribution in [0.2, 0.25) is 0 Å². The molecule has 0 radical (unpaired) electrons. The number of carbonyl (C=O) groups is 1. The lowest BCUT2D eigenvalue weighted by Crippen LogP contribution is -2.34. The number of nitrogens with one attached hydrogen (secondary N) is 1. The van der Waals surface area contributed by atoms with Crippen LogP contribution in [0.15, 0.2) is 35.7 Å². The average Bonchev–Trinajstić information content (AvgIpc) is 3.06. The molecule has 130 valence electrons. The Kier molecular flexibility index (Phi) is 6.29. The van der Waals surface area contributed by atoms with Gasteiger partial charge in [0.25, 0.3) is 0 Å². The fourth-order valence-electron chi connectivity index (χ4n) is 1.91. The largest absolute Gasteiger partial charge is 0.490 e. The predicted octanol–water partition coefficient (Wildman–Crippen LogP) is 3.10. The van der Waals surface area contributed by atoms with E-state index in [0.29, 0.717) is 0 Å². The van der Waals surface area contributed by atoms with Gasteiger partial charge in [0.15, 0.2) is 0 Å². The number of halogens is 3. The van der Waals surface area contributed by atoms with Gasteiger partial charge in [0.1, 0.15) is 5.01 Å². The van der Waals surface area contributed by atoms with Crippen molar-refractivity contribution >= 4 is 17.3 Å². The number of aromatic nitrogens is 1. The van der Waals surface area contributed by atoms with E-state index in [1.54, 1.807) is 11.3 Å². The van der Waals surface area contributed by atoms with Crippen molar-refractivity contribution in [3.05, 3.63) is 41.4 Å². The van der Waals surface area contributed by atoms with Crippen LogP contribution in [0.25, 0.3) is 10.6 Å². The molecule has 0 aliphatic carbocycles. The summed E-state index contributed by atoms with van der Waals surface area (Å²) in [4.78, 5) is 13.6. The van der Waals surface area contributed by atoms with Gasteiger partial charge in [0, 0.05) is 17.5 Å². The Labute approximate surface area is 140 Å². The number of nitrogens with zero attached hydrogens (tertiary/aromatic N) is 1. The van der Waals surface area contributed by atoms with Gasteiger partial charge in [0.05, 0.1) is 24.9 Å². The number of alkyl halides is 3. The topological polar surface area (TPSA) is 71.5 Å². The average molecular weight is 360 g/mol. The number of carboxylic acids is 1. The van der Waals surface area contributed by atoms with Gasteiger partial charge in [-0.05, 0) is 0 Å². The summed E-state index contributed by atoms with van der Waals surface area (Å²) < 4.78 is 37.2. The number of carboxylic acid groups (broad SMARTS) is 1. The third-order valence-electron chi connectivity index (χ3n) is 3.06. The number of benzene rings is 1. The molecule has 2 N–H and O–H groups in total. The highest BCUT2D eigenvalue weighted by Crippen LogP contribution is 2.26. The van der Waals surface area contributed by atoms with Crippen LogP contribution in [-0.2, 0) is 9.53 Å². The van der Waals surface area contributed by atoms with Gasteiger partial charge in [-0.15, -0.1) is 11.3 Å². The fourth-order valence-corrected chi connectivity index (χ4v) is 2.79. The van der Waals surface area contributed by atoms with Crippen LogP contribution in [0.3, 0.4) is 0 Å². The molecule has 1 aromatic carbocycles. The summed E-state index contributed by atoms with van der Waals surface area (Å²) in [5, 5.41) is 13.7. The number of aliphatic carboxylic acids is 1. The Morgan fingerprint density at radius 1 is 1.33 bits per heavy atom. The zero-order valence-electron chi connectivity index (χ0n) is 12.4. The summed E-state index contributed by atoms with van der Waals surface area (Å²) in [7, 11) is 0. The highest BCUT2D eigenvalue weighted by molar-refractivity contribution is 7.13. The monoisotopic (exact) mass is 360 g/mol. The maximum absolute atomic E-state index is 10.6. The molecule has 1 atom stereocenters. The van der Waals surface area contributed by atoms with E-state index in [4.69, 9.17) is 14.6 Å². The van der Waals surface area contributed by atoms with Crippen LogP contribution < -0.4 is 5.32 Å². The Balaban J connectivity index is 0.000000256. The molecule has 2 aromatic rings. The van der Waals surface area contributed by atoms with Crippen LogP contribution in [0.1, 0.15) is 11.7 Å². The summed E-state index contributed by atoms with van der Waals surface area (Å²) in [6, 6.07) is 10.5. The Bertz CT molecular complexity index is 655. The van der Waals surface area contributed by atoms with E-state index in [-0.39, 0.29) is 6.04 Å². The molecule has 24 heavy (non-hydrogen) atoms. The second-order valence-corrected chi connectivity index (χ2v) is 5.69. The lowest BCUT2D eigenvalue weighted by atomic mass is 10.2. The first kappa shape index (κ1) is 18.4. The van der Waals surface area contributed by atoms with E-state index in [2.05, 4.69) is 27.8 Å². The highest BCUT2D eigenvalue weighted by atomic mass is 32.1. The van der Waals surface area contributed by atoms with Gasteiger partial charge in [0.2, 0.25) is 0 Å². The number of hydrogen-bond donors (Lipinski definition) is 2. The molecule has 0 bridgehead atoms. The second-order valence-electron chi connectivity index (χ2n) is 4.83. The third kappa shape index (κ3) is 5.29. The summed E-state index contributed by atoms with van der Waals surface area (Å²) in [5.74, 6) is -2.76. The minimum absolute atomic E-state index is 0.248. The Morgan fingerprint density at radius 2 is 2.00 bits per heavy atom. The molecular formula is C15H15F3N2O3S. The maximum Gasteiger partial charge on any atom is 0.490 e. The zero-order valence-corrected chi connectivity index (χ0v) is 13.2. The van der Waals surface area contributed by atoms with E-state index in [9.17, 15) is 13.2 Å². The lowest BCUT2D eigenvalue weighted by molar-refractivity contribution is -0.192. The first-order valence-corrected chi connectivity index (χ1v) is 7.88. The molecular weight excluding hydrogens is 345 g/mol. The van der Waals surface area contributed by atoms with Crippen LogP contribution in [-0.4, -0.2) is 42.0 Å². The van der Waals surface area contributed by atoms with Crippen molar-refractivity contribution in [2.45, 2.75) is 12.2 Å². The molecule has 5 nitrogen and oxygen atoms in total. The molecule has 1 unspecified atom stereocenters. The van der Waals surface area contributed by atoms with Crippen molar-refractivity contribution in [3.8, 4) is 10.6 Å². The lowest BCUT2D eigenvalue weighted by Gasteiger charge is -2.21. The van der Waals surface area contributed by atoms with E-state index >= 15 is 0 Å². The van der Waals surface area contributed by atoms with Crippen LogP contribution in [0, 0.1) is 0 Å². The summed E-state index contributed by atoms with van der Waals surface area (Å²) in [5.41, 5.74) is 2.27. The minimum Gasteiger partial charge on any atom is -0.475 e. The van der Waals surface area contributed by atoms with E-state index in [1.165, 1.54) is 5.56 Å². The second kappa shape index (κ2) is 8.22. The van der Waals surface area contributed by atoms with Gasteiger partial charge < -0.3 is 15.2 Å². The number of hydrogen-bond acceptors (Lipinski definition) is 5. The zero-order chi connectivity index (χ0) is 17.6. The molecule has 0 spiro atoms. The van der Waals surface area contributed by atoms with Crippen molar-refractivity contribution in [2.75, 3.05) is 19.8 Å². The maximum atomic E-state index is 10.6. The molecule has 9 heteroatoms. The van der Waals surface area contributed by atoms with Crippen LogP contribution in [0.5, 0.6) is 0 Å². The SMILES string of the molecule is O=C(O)C(F)(F)F.c1ccc(-c2nc(C3COCCN3)cs2)cc1. The minimum atomic E-state index is -5.08. The van der Waals surface area contributed by atoms with Crippen molar-refractivity contribution in [1.29, 1.82) is 0 Å². The molecule has 1 aromatic heterocycles. The van der Waals surface area contributed by atoms with E-state index < -0.39 is 12.1 Å². The summed E-state index contributed by atoms with van der Waals surface area (Å²) in [6.45, 7) is 2.42. The van der Waals surface area contributed by atoms with E-state index in [1.807, 2.05) is 18.2 Å². The molecule has 0 amide bonds. The predicted molar refractivity (Wildman–Crippen MR) is 82.8 cm³/mol. The smallest absolute Gasteiger partial charge is 0.475 e. The van der Waals surface area contributed by atoms with Gasteiger partial charge in [-0.2, -0.15) is 13.2 Å². The molecule has 1 aliphatic rings. The van der Waals surface area contributed by atoms with Crippen molar-refractivity contribution in [1.82, 2.24) is 10.3 Å². The van der Waals surface area contributed by atoms with Gasteiger partial charge in [-0.25, -0.2) is 9.78 Å². The van der Waals surface area contributed by atoms with Crippen LogP contribution in [0.4, 0.5) is 13.2 Å². The third-order valence-corrected chi connectivity index (χ3v) is 3.97. The normalized spacial score (nSPS) is 17.7. The number of morpholine rings is 1. The highest BCUT2D eigenvalue weighted by Gasteiger charge is 2.38. The molecule has 2 heterocycles. The van der Waals surface area contributed by atoms with E-state index in [0.717, 1.165) is 30.5 Å². The molecule has 0 saturated carbocycles. The molecule has 1 aliphatic heterocycles. The van der Waals surface area contributed by atoms with Gasteiger partial charge >= 0.3 is 12.1 Å². The number of thiazole rings is 1. The number of ether oxygens (including phenoxy) is 1. The first-order chi connectivity index (χ1) is 11.4. The molecule has 1 saturated heterocycles. The quantitative estimate of drug-likeness (QED) is 0.861. The Hall–Kier alpha value is -1.97. The van der Waals surface area contributed by atoms with Crippen molar-refractivity contribution in [2.24, 2.45) is 0 Å². The van der Waals surface area contributed by atoms with Gasteiger partial charge in [-0.3, -0.25) is 0 Å². The molecule has 1 fully saturated rings. The fraction of sp³-hybridized carbons (Fsp3) is 0.333. The Morgan fingerprint density at radius 3 is 2.54 bits per heavy atom. The van der Waals surface area contributed by atoms with Crippen molar-refractivity contribution in [3.63, 3.8) is 0 Å². The summed E-state index contributed by atoms with van der Waals surface area (Å²) >= 11 is 1.69. The van der Waals surface area contributed by atoms with Crippen molar-refractivity contribution < 1.29 is 27.8 Å². The van der Waals surface area contributed by atoms with Crippen LogP contribution >= 0.6 is 11.3 Å². The molecule has 3 rings (SSSR count). The number of rotatable bonds is 2. The summed E-state index contributed by atoms with van der Waals surface area (Å²) in [6.07, 6.45) is -5.08. The standard InChI is InChI=1S/C13H14N2OS.C2HF3O2/c1-2-4-10(5-3-1)13-15-12(9-17-13)11-8-16-7-6-14-11;3-2(4,5)1(6)7/h1-5,9,11,14H,6-8H2;(H,6,7). The first-order valence-electron chi connectivity index (χ1n) is 7.00.